The van der Waals surface area contributed by atoms with Gasteiger partial charge in [0.2, 0.25) is 0 Å². The second kappa shape index (κ2) is 4.65. The molecule has 1 nitrogen and oxygen atoms in total. The fourth-order valence-electron chi connectivity index (χ4n) is 2.97. The highest BCUT2D eigenvalue weighted by atomic mass is 16.1. The monoisotopic (exact) mass is 250 g/mol. The molecule has 1 unspecified atom stereocenters. The van der Waals surface area contributed by atoms with Gasteiger partial charge in [0.05, 0.1) is 0 Å². The summed E-state index contributed by atoms with van der Waals surface area (Å²) in [5.41, 5.74) is 4.39. The molecule has 0 aliphatic heterocycles. The third-order valence-corrected chi connectivity index (χ3v) is 4.06. The second-order valence-corrected chi connectivity index (χ2v) is 5.62. The highest BCUT2D eigenvalue weighted by Gasteiger charge is 2.34. The SMILES string of the molecule is CC(C)C1Cc2cccc(-c3ccccc3)c2C1=O. The Balaban J connectivity index is 2.13. The Labute approximate surface area is 114 Å². The normalized spacial score (nSPS) is 17.8. The van der Waals surface area contributed by atoms with Crippen molar-refractivity contribution >= 4 is 5.78 Å². The number of carbonyl (C=O) groups excluding carboxylic acids is 1. The minimum Gasteiger partial charge on any atom is -0.294 e. The van der Waals surface area contributed by atoms with E-state index in [1.165, 1.54) is 5.56 Å². The van der Waals surface area contributed by atoms with E-state index in [1.807, 2.05) is 18.2 Å². The van der Waals surface area contributed by atoms with Gasteiger partial charge in [-0.25, -0.2) is 0 Å². The van der Waals surface area contributed by atoms with Crippen LogP contribution in [-0.4, -0.2) is 5.78 Å². The van der Waals surface area contributed by atoms with Gasteiger partial charge in [0.1, 0.15) is 0 Å². The van der Waals surface area contributed by atoms with E-state index in [-0.39, 0.29) is 5.92 Å². The van der Waals surface area contributed by atoms with Crippen molar-refractivity contribution < 1.29 is 4.79 Å². The van der Waals surface area contributed by atoms with Crippen LogP contribution >= 0.6 is 0 Å². The highest BCUT2D eigenvalue weighted by molar-refractivity contribution is 6.07. The molecule has 0 radical (unpaired) electrons. The minimum absolute atomic E-state index is 0.153. The van der Waals surface area contributed by atoms with Crippen LogP contribution in [0.1, 0.15) is 29.8 Å². The summed E-state index contributed by atoms with van der Waals surface area (Å²) in [6, 6.07) is 16.4. The van der Waals surface area contributed by atoms with E-state index < -0.39 is 0 Å². The molecule has 1 atom stereocenters. The molecule has 0 amide bonds. The average Bonchev–Trinajstić information content (AvgIpc) is 2.78. The summed E-state index contributed by atoms with van der Waals surface area (Å²) < 4.78 is 0. The van der Waals surface area contributed by atoms with Crippen LogP contribution in [0.15, 0.2) is 48.5 Å². The van der Waals surface area contributed by atoms with Crippen molar-refractivity contribution in [1.82, 2.24) is 0 Å². The minimum atomic E-state index is 0.153. The lowest BCUT2D eigenvalue weighted by molar-refractivity contribution is 0.0906. The van der Waals surface area contributed by atoms with Crippen molar-refractivity contribution in [3.8, 4) is 11.1 Å². The summed E-state index contributed by atoms with van der Waals surface area (Å²) >= 11 is 0. The van der Waals surface area contributed by atoms with Crippen LogP contribution in [-0.2, 0) is 6.42 Å². The predicted molar refractivity (Wildman–Crippen MR) is 78.2 cm³/mol. The molecule has 1 heteroatoms. The molecule has 3 rings (SSSR count). The second-order valence-electron chi connectivity index (χ2n) is 5.62. The fraction of sp³-hybridized carbons (Fsp3) is 0.278. The van der Waals surface area contributed by atoms with Gasteiger partial charge in [-0.15, -0.1) is 0 Å². The van der Waals surface area contributed by atoms with Crippen LogP contribution in [0.5, 0.6) is 0 Å². The third kappa shape index (κ3) is 1.99. The van der Waals surface area contributed by atoms with Crippen LogP contribution in [0.2, 0.25) is 0 Å². The molecule has 0 aromatic heterocycles. The van der Waals surface area contributed by atoms with Crippen molar-refractivity contribution in [3.05, 3.63) is 59.7 Å². The van der Waals surface area contributed by atoms with Crippen LogP contribution in [0.25, 0.3) is 11.1 Å². The molecule has 2 aromatic rings. The zero-order chi connectivity index (χ0) is 13.4. The number of Topliss-reactive ketones (excluding diaryl/α,β-unsaturated/α-hetero) is 1. The molecule has 96 valence electrons. The summed E-state index contributed by atoms with van der Waals surface area (Å²) in [4.78, 5) is 12.6. The number of ketones is 1. The molecule has 2 aromatic carbocycles. The summed E-state index contributed by atoms with van der Waals surface area (Å²) in [6.07, 6.45) is 0.895. The van der Waals surface area contributed by atoms with Crippen LogP contribution < -0.4 is 0 Å². The maximum absolute atomic E-state index is 12.6. The molecule has 1 aliphatic carbocycles. The van der Waals surface area contributed by atoms with Crippen molar-refractivity contribution in [1.29, 1.82) is 0 Å². The number of carbonyl (C=O) groups is 1. The first-order chi connectivity index (χ1) is 9.18. The Morgan fingerprint density at radius 3 is 2.42 bits per heavy atom. The lowest BCUT2D eigenvalue weighted by Gasteiger charge is -2.12. The van der Waals surface area contributed by atoms with Crippen molar-refractivity contribution in [3.63, 3.8) is 0 Å². The van der Waals surface area contributed by atoms with Gasteiger partial charge in [-0.1, -0.05) is 62.4 Å². The summed E-state index contributed by atoms with van der Waals surface area (Å²) in [5, 5.41) is 0. The maximum Gasteiger partial charge on any atom is 0.167 e. The maximum atomic E-state index is 12.6. The van der Waals surface area contributed by atoms with Crippen molar-refractivity contribution in [2.75, 3.05) is 0 Å². The first kappa shape index (κ1) is 12.2. The molecule has 0 spiro atoms. The number of rotatable bonds is 2. The molecule has 0 fully saturated rings. The zero-order valence-electron chi connectivity index (χ0n) is 11.4. The number of benzene rings is 2. The van der Waals surface area contributed by atoms with E-state index in [0.29, 0.717) is 11.7 Å². The van der Waals surface area contributed by atoms with Gasteiger partial charge in [-0.05, 0) is 29.0 Å². The van der Waals surface area contributed by atoms with Crippen LogP contribution in [0, 0.1) is 11.8 Å². The van der Waals surface area contributed by atoms with Gasteiger partial charge in [0, 0.05) is 11.5 Å². The Hall–Kier alpha value is -1.89. The smallest absolute Gasteiger partial charge is 0.167 e. The van der Waals surface area contributed by atoms with E-state index in [1.54, 1.807) is 0 Å². The standard InChI is InChI=1S/C18H18O/c1-12(2)16-11-14-9-6-10-15(17(14)18(16)19)13-7-4-3-5-8-13/h3-10,12,16H,11H2,1-2H3. The van der Waals surface area contributed by atoms with Gasteiger partial charge in [-0.2, -0.15) is 0 Å². The number of hydrogen-bond acceptors (Lipinski definition) is 1. The topological polar surface area (TPSA) is 17.1 Å². The lowest BCUT2D eigenvalue weighted by atomic mass is 9.91. The Morgan fingerprint density at radius 2 is 1.74 bits per heavy atom. The van der Waals surface area contributed by atoms with E-state index in [0.717, 1.165) is 23.1 Å². The molecule has 0 bridgehead atoms. The first-order valence-corrected chi connectivity index (χ1v) is 6.90. The zero-order valence-corrected chi connectivity index (χ0v) is 11.4. The molecule has 0 saturated heterocycles. The summed E-state index contributed by atoms with van der Waals surface area (Å²) in [6.45, 7) is 4.27. The van der Waals surface area contributed by atoms with E-state index >= 15 is 0 Å². The van der Waals surface area contributed by atoms with Gasteiger partial charge < -0.3 is 0 Å². The third-order valence-electron chi connectivity index (χ3n) is 4.06. The molecule has 0 N–H and O–H groups in total. The molecule has 1 aliphatic rings. The van der Waals surface area contributed by atoms with Gasteiger partial charge in [0.25, 0.3) is 0 Å². The Kier molecular flexibility index (Phi) is 2.98. The average molecular weight is 250 g/mol. The predicted octanol–water partition coefficient (Wildman–Crippen LogP) is 4.36. The molecule has 19 heavy (non-hydrogen) atoms. The molecular weight excluding hydrogens is 232 g/mol. The summed E-state index contributed by atoms with van der Waals surface area (Å²) in [7, 11) is 0. The van der Waals surface area contributed by atoms with Crippen molar-refractivity contribution in [2.45, 2.75) is 20.3 Å². The first-order valence-electron chi connectivity index (χ1n) is 6.90. The highest BCUT2D eigenvalue weighted by Crippen LogP contribution is 2.37. The van der Waals surface area contributed by atoms with Crippen LogP contribution in [0.3, 0.4) is 0 Å². The molecule has 0 saturated carbocycles. The number of fused-ring (bicyclic) bond motifs is 1. The van der Waals surface area contributed by atoms with Crippen LogP contribution in [0.4, 0.5) is 0 Å². The molecule has 0 heterocycles. The quantitative estimate of drug-likeness (QED) is 0.773. The van der Waals surface area contributed by atoms with E-state index in [2.05, 4.69) is 44.2 Å². The largest absolute Gasteiger partial charge is 0.294 e. The van der Waals surface area contributed by atoms with Gasteiger partial charge >= 0.3 is 0 Å². The van der Waals surface area contributed by atoms with Crippen molar-refractivity contribution in [2.24, 2.45) is 11.8 Å². The van der Waals surface area contributed by atoms with Gasteiger partial charge in [-0.3, -0.25) is 4.79 Å². The Morgan fingerprint density at radius 1 is 1.00 bits per heavy atom. The van der Waals surface area contributed by atoms with Gasteiger partial charge in [0.15, 0.2) is 5.78 Å². The van der Waals surface area contributed by atoms with E-state index in [4.69, 9.17) is 0 Å². The van der Waals surface area contributed by atoms with E-state index in [9.17, 15) is 4.79 Å². The fourth-order valence-corrected chi connectivity index (χ4v) is 2.97. The summed E-state index contributed by atoms with van der Waals surface area (Å²) in [5.74, 6) is 0.882. The molecular formula is C18H18O. The number of hydrogen-bond donors (Lipinski definition) is 0. The Bertz CT molecular complexity index is 611. The lowest BCUT2D eigenvalue weighted by Crippen LogP contribution is -2.15.